The summed E-state index contributed by atoms with van der Waals surface area (Å²) in [7, 11) is 0. The number of alkyl halides is 6. The maximum Gasteiger partial charge on any atom is 0.402 e. The SMILES string of the molecule is Cc1ccc(C)n1-c1ccn(C(F)(F)Br)n1.Cc1ccc(C)n1-c1ccn[nH]1.Cc1ccc(C)n1-c1ccnn1C(F)(F)Br. The standard InChI is InChI=1S/2C10H10BrF2N3.C9H11N3/c1-7-3-4-8(2)16(7)9-5-6-15(14-9)10(11,12)13;1-7-3-4-8(2)15(7)9-5-6-14-16(9)10(11,12)13;1-7-3-4-8(2)12(7)9-5-6-10-11-9/h2*3-6H,1-2H3;3-6H,1-2H3,(H,10,11). The van der Waals surface area contributed by atoms with Crippen LogP contribution in [0.3, 0.4) is 0 Å². The second-order valence-corrected chi connectivity index (χ2v) is 11.9. The summed E-state index contributed by atoms with van der Waals surface area (Å²) in [6.45, 7) is 11.7. The lowest BCUT2D eigenvalue weighted by atomic mass is 10.5. The molecule has 6 heterocycles. The molecule has 0 unspecified atom stereocenters. The summed E-state index contributed by atoms with van der Waals surface area (Å²) in [6.07, 6.45) is 4.35. The molecule has 0 aromatic carbocycles. The largest absolute Gasteiger partial charge is 0.402 e. The van der Waals surface area contributed by atoms with Gasteiger partial charge in [0, 0.05) is 90.4 Å². The van der Waals surface area contributed by atoms with Crippen molar-refractivity contribution >= 4 is 31.9 Å². The first-order valence-corrected chi connectivity index (χ1v) is 14.9. The van der Waals surface area contributed by atoms with Crippen molar-refractivity contribution in [3.05, 3.63) is 107 Å². The van der Waals surface area contributed by atoms with Crippen LogP contribution in [0.15, 0.2) is 73.2 Å². The molecule has 0 aliphatic rings. The normalized spacial score (nSPS) is 11.6. The lowest BCUT2D eigenvalue weighted by molar-refractivity contribution is 0.0194. The number of nitrogens with one attached hydrogen (secondary N) is 1. The number of halogens is 6. The van der Waals surface area contributed by atoms with Crippen molar-refractivity contribution in [3.8, 4) is 17.5 Å². The van der Waals surface area contributed by atoms with Gasteiger partial charge >= 0.3 is 9.91 Å². The summed E-state index contributed by atoms with van der Waals surface area (Å²) in [5, 5.41) is 14.3. The van der Waals surface area contributed by atoms with E-state index in [0.29, 0.717) is 21.0 Å². The number of rotatable bonds is 5. The Morgan fingerprint density at radius 1 is 0.614 bits per heavy atom. The molecule has 0 bridgehead atoms. The molecule has 234 valence electrons. The number of hydrogen-bond donors (Lipinski definition) is 1. The number of aryl methyl sites for hydroxylation is 6. The fourth-order valence-electron chi connectivity index (χ4n) is 4.72. The van der Waals surface area contributed by atoms with Crippen molar-refractivity contribution in [3.63, 3.8) is 0 Å². The van der Waals surface area contributed by atoms with Gasteiger partial charge in [-0.05, 0) is 77.9 Å². The van der Waals surface area contributed by atoms with Crippen molar-refractivity contribution in [2.45, 2.75) is 51.5 Å². The van der Waals surface area contributed by atoms with E-state index in [0.717, 1.165) is 28.6 Å². The number of hydrogen-bond acceptors (Lipinski definition) is 3. The summed E-state index contributed by atoms with van der Waals surface area (Å²) >= 11 is 4.56. The minimum absolute atomic E-state index is 0.335. The molecule has 9 nitrogen and oxygen atoms in total. The Morgan fingerprint density at radius 2 is 1.11 bits per heavy atom. The average molecular weight is 741 g/mol. The van der Waals surface area contributed by atoms with Gasteiger partial charge in [-0.25, -0.2) is 0 Å². The van der Waals surface area contributed by atoms with E-state index >= 15 is 0 Å². The topological polar surface area (TPSA) is 79.1 Å². The Labute approximate surface area is 268 Å². The molecule has 0 aliphatic carbocycles. The summed E-state index contributed by atoms with van der Waals surface area (Å²) in [5.41, 5.74) is 6.13. The lowest BCUT2D eigenvalue weighted by Gasteiger charge is -2.15. The fraction of sp³-hybridized carbons (Fsp3) is 0.276. The van der Waals surface area contributed by atoms with Gasteiger partial charge in [0.05, 0.1) is 12.4 Å². The number of nitrogens with zero attached hydrogens (tertiary/aromatic N) is 8. The molecule has 6 aromatic heterocycles. The molecule has 44 heavy (non-hydrogen) atoms. The first-order chi connectivity index (χ1) is 20.6. The molecule has 0 saturated heterocycles. The van der Waals surface area contributed by atoms with Gasteiger partial charge in [0.25, 0.3) is 0 Å². The van der Waals surface area contributed by atoms with Crippen LogP contribution in [0.5, 0.6) is 0 Å². The fourth-order valence-corrected chi connectivity index (χ4v) is 5.19. The van der Waals surface area contributed by atoms with Crippen molar-refractivity contribution in [1.29, 1.82) is 0 Å². The Hall–Kier alpha value is -3.85. The third-order valence-electron chi connectivity index (χ3n) is 6.70. The third-order valence-corrected chi connectivity index (χ3v) is 7.40. The molecule has 6 rings (SSSR count). The van der Waals surface area contributed by atoms with Crippen LogP contribution in [0.4, 0.5) is 17.6 Å². The zero-order chi connectivity index (χ0) is 32.4. The van der Waals surface area contributed by atoms with E-state index in [-0.39, 0.29) is 0 Å². The zero-order valence-electron chi connectivity index (χ0n) is 24.8. The highest BCUT2D eigenvalue weighted by molar-refractivity contribution is 9.09. The Bertz CT molecular complexity index is 1750. The van der Waals surface area contributed by atoms with E-state index in [4.69, 9.17) is 0 Å². The minimum atomic E-state index is -3.19. The summed E-state index contributed by atoms with van der Waals surface area (Å²) < 4.78 is 59.2. The van der Waals surface area contributed by atoms with Crippen molar-refractivity contribution in [2.24, 2.45) is 0 Å². The van der Waals surface area contributed by atoms with Crippen LogP contribution in [0.25, 0.3) is 17.5 Å². The van der Waals surface area contributed by atoms with Crippen molar-refractivity contribution < 1.29 is 17.6 Å². The van der Waals surface area contributed by atoms with Crippen LogP contribution >= 0.6 is 31.9 Å². The molecule has 0 spiro atoms. The molecular weight excluding hydrogens is 710 g/mol. The smallest absolute Gasteiger partial charge is 0.304 e. The molecule has 0 radical (unpaired) electrons. The molecule has 0 aliphatic heterocycles. The predicted molar refractivity (Wildman–Crippen MR) is 168 cm³/mol. The average Bonchev–Trinajstić information content (AvgIpc) is 3.76. The molecular formula is C29H31Br2F4N9. The van der Waals surface area contributed by atoms with E-state index < -0.39 is 9.91 Å². The van der Waals surface area contributed by atoms with E-state index in [1.807, 2.05) is 62.6 Å². The number of aromatic nitrogens is 9. The van der Waals surface area contributed by atoms with Gasteiger partial charge in [-0.2, -0.15) is 37.1 Å². The van der Waals surface area contributed by atoms with Gasteiger partial charge in [0.15, 0.2) is 5.82 Å². The van der Waals surface area contributed by atoms with Crippen LogP contribution < -0.4 is 0 Å². The maximum atomic E-state index is 13.2. The molecule has 1 N–H and O–H groups in total. The van der Waals surface area contributed by atoms with Gasteiger partial charge in [-0.15, -0.1) is 5.10 Å². The second kappa shape index (κ2) is 13.0. The monoisotopic (exact) mass is 739 g/mol. The molecule has 0 fully saturated rings. The Balaban J connectivity index is 0.000000152. The molecule has 0 atom stereocenters. The number of aromatic amines is 1. The van der Waals surface area contributed by atoms with Crippen LogP contribution in [0.1, 0.15) is 34.2 Å². The van der Waals surface area contributed by atoms with E-state index in [2.05, 4.69) is 82.8 Å². The van der Waals surface area contributed by atoms with Crippen molar-refractivity contribution in [1.82, 2.24) is 43.5 Å². The first kappa shape index (κ1) is 33.1. The van der Waals surface area contributed by atoms with E-state index in [1.54, 1.807) is 22.9 Å². The lowest BCUT2D eigenvalue weighted by Crippen LogP contribution is -2.20. The van der Waals surface area contributed by atoms with Crippen LogP contribution in [-0.2, 0) is 9.91 Å². The van der Waals surface area contributed by atoms with Gasteiger partial charge < -0.3 is 13.7 Å². The summed E-state index contributed by atoms with van der Waals surface area (Å²) in [4.78, 5) is -6.34. The number of H-pyrrole nitrogens is 1. The molecule has 15 heteroatoms. The van der Waals surface area contributed by atoms with Crippen LogP contribution in [-0.4, -0.2) is 43.5 Å². The molecule has 6 aromatic rings. The molecule has 0 amide bonds. The van der Waals surface area contributed by atoms with Gasteiger partial charge in [0.2, 0.25) is 0 Å². The summed E-state index contributed by atoms with van der Waals surface area (Å²) in [5.74, 6) is 1.84. The molecule has 0 saturated carbocycles. The van der Waals surface area contributed by atoms with Gasteiger partial charge in [-0.3, -0.25) is 5.10 Å². The Kier molecular flexibility index (Phi) is 9.78. The zero-order valence-corrected chi connectivity index (χ0v) is 27.9. The Morgan fingerprint density at radius 3 is 1.55 bits per heavy atom. The first-order valence-electron chi connectivity index (χ1n) is 13.3. The predicted octanol–water partition coefficient (Wildman–Crippen LogP) is 8.20. The highest BCUT2D eigenvalue weighted by Crippen LogP contribution is 2.31. The van der Waals surface area contributed by atoms with E-state index in [1.165, 1.54) is 23.8 Å². The van der Waals surface area contributed by atoms with Crippen LogP contribution in [0.2, 0.25) is 0 Å². The van der Waals surface area contributed by atoms with E-state index in [9.17, 15) is 17.6 Å². The van der Waals surface area contributed by atoms with Crippen LogP contribution in [0, 0.1) is 41.5 Å². The minimum Gasteiger partial charge on any atom is -0.304 e. The maximum absolute atomic E-state index is 13.2. The van der Waals surface area contributed by atoms with Crippen molar-refractivity contribution in [2.75, 3.05) is 0 Å². The van der Waals surface area contributed by atoms with Gasteiger partial charge in [-0.1, -0.05) is 0 Å². The highest BCUT2D eigenvalue weighted by Gasteiger charge is 2.31. The summed E-state index contributed by atoms with van der Waals surface area (Å²) in [6, 6.07) is 16.8. The highest BCUT2D eigenvalue weighted by atomic mass is 79.9. The van der Waals surface area contributed by atoms with Gasteiger partial charge in [0.1, 0.15) is 11.6 Å². The second-order valence-electron chi connectivity index (χ2n) is 9.95. The third kappa shape index (κ3) is 7.26. The quantitative estimate of drug-likeness (QED) is 0.143.